The lowest BCUT2D eigenvalue weighted by atomic mass is 9.85. The Bertz CT molecular complexity index is 408. The summed E-state index contributed by atoms with van der Waals surface area (Å²) in [5, 5.41) is 3.66. The normalized spacial score (nSPS) is 17.4. The quantitative estimate of drug-likeness (QED) is 0.756. The molecule has 2 rings (SSSR count). The largest absolute Gasteiger partial charge is 0.374 e. The molecule has 20 heavy (non-hydrogen) atoms. The first-order chi connectivity index (χ1) is 9.67. The molecule has 0 aliphatic heterocycles. The first kappa shape index (κ1) is 15.4. The van der Waals surface area contributed by atoms with E-state index < -0.39 is 0 Å². The summed E-state index contributed by atoms with van der Waals surface area (Å²) in [6, 6.07) is 8.73. The fourth-order valence-corrected chi connectivity index (χ4v) is 3.63. The van der Waals surface area contributed by atoms with Crippen LogP contribution in [0.1, 0.15) is 44.6 Å². The van der Waals surface area contributed by atoms with E-state index in [0.717, 1.165) is 6.54 Å². The number of hydrogen-bond acceptors (Lipinski definition) is 2. The van der Waals surface area contributed by atoms with Crippen molar-refractivity contribution in [3.63, 3.8) is 0 Å². The Hall–Kier alpha value is -1.02. The van der Waals surface area contributed by atoms with Crippen LogP contribution >= 0.6 is 0 Å². The van der Waals surface area contributed by atoms with Crippen molar-refractivity contribution in [1.82, 2.24) is 5.32 Å². The average Bonchev–Trinajstić information content (AvgIpc) is 2.88. The second-order valence-corrected chi connectivity index (χ2v) is 6.53. The molecular formula is C18H30N2. The van der Waals surface area contributed by atoms with Gasteiger partial charge in [-0.2, -0.15) is 0 Å². The van der Waals surface area contributed by atoms with Crippen LogP contribution in [0.4, 0.5) is 5.69 Å². The molecule has 112 valence electrons. The van der Waals surface area contributed by atoms with Gasteiger partial charge in [0, 0.05) is 31.2 Å². The Morgan fingerprint density at radius 2 is 1.90 bits per heavy atom. The van der Waals surface area contributed by atoms with Crippen LogP contribution in [0.5, 0.6) is 0 Å². The minimum atomic E-state index is 0.478. The lowest BCUT2D eigenvalue weighted by Crippen LogP contribution is -2.41. The molecule has 1 aromatic rings. The van der Waals surface area contributed by atoms with E-state index in [2.05, 4.69) is 55.4 Å². The smallest absolute Gasteiger partial charge is 0.0393 e. The molecule has 2 heteroatoms. The third-order valence-corrected chi connectivity index (χ3v) is 4.69. The molecule has 0 atom stereocenters. The van der Waals surface area contributed by atoms with Gasteiger partial charge in [-0.15, -0.1) is 0 Å². The lowest BCUT2D eigenvalue weighted by Gasteiger charge is -2.35. The van der Waals surface area contributed by atoms with Crippen molar-refractivity contribution in [2.75, 3.05) is 31.6 Å². The van der Waals surface area contributed by atoms with Gasteiger partial charge in [0.15, 0.2) is 0 Å². The molecule has 0 radical (unpaired) electrons. The highest BCUT2D eigenvalue weighted by Crippen LogP contribution is 2.39. The third kappa shape index (κ3) is 3.76. The molecule has 0 unspecified atom stereocenters. The van der Waals surface area contributed by atoms with Gasteiger partial charge in [-0.05, 0) is 44.4 Å². The molecule has 0 aromatic heterocycles. The van der Waals surface area contributed by atoms with Gasteiger partial charge in [-0.1, -0.05) is 38.0 Å². The van der Waals surface area contributed by atoms with Crippen LogP contribution in [-0.4, -0.2) is 26.7 Å². The highest BCUT2D eigenvalue weighted by molar-refractivity contribution is 5.52. The number of anilines is 1. The van der Waals surface area contributed by atoms with E-state index in [1.807, 2.05) is 0 Å². The van der Waals surface area contributed by atoms with E-state index in [1.54, 1.807) is 0 Å². The summed E-state index contributed by atoms with van der Waals surface area (Å²) in [6.07, 6.45) is 6.77. The summed E-state index contributed by atoms with van der Waals surface area (Å²) >= 11 is 0. The van der Waals surface area contributed by atoms with Gasteiger partial charge in [0.1, 0.15) is 0 Å². The molecule has 1 aliphatic carbocycles. The Balaban J connectivity index is 2.02. The number of rotatable bonds is 7. The number of benzene rings is 1. The molecule has 2 nitrogen and oxygen atoms in total. The molecule has 1 N–H and O–H groups in total. The van der Waals surface area contributed by atoms with Gasteiger partial charge in [0.05, 0.1) is 0 Å². The zero-order valence-electron chi connectivity index (χ0n) is 13.4. The lowest BCUT2D eigenvalue weighted by molar-refractivity contribution is 0.287. The standard InChI is InChI=1S/C18H30N2/c1-4-13-19-14-18(11-7-8-12-18)15-20(3)17-10-6-5-9-16(17)2/h5-6,9-10,19H,4,7-8,11-15H2,1-3H3. The van der Waals surface area contributed by atoms with Gasteiger partial charge < -0.3 is 10.2 Å². The van der Waals surface area contributed by atoms with E-state index in [4.69, 9.17) is 0 Å². The fraction of sp³-hybridized carbons (Fsp3) is 0.667. The minimum absolute atomic E-state index is 0.478. The summed E-state index contributed by atoms with van der Waals surface area (Å²) < 4.78 is 0. The molecule has 0 saturated heterocycles. The van der Waals surface area contributed by atoms with Crippen molar-refractivity contribution < 1.29 is 0 Å². The second kappa shape index (κ2) is 7.12. The van der Waals surface area contributed by atoms with Gasteiger partial charge in [-0.25, -0.2) is 0 Å². The van der Waals surface area contributed by atoms with Crippen molar-refractivity contribution in [2.24, 2.45) is 5.41 Å². The van der Waals surface area contributed by atoms with Crippen molar-refractivity contribution in [3.8, 4) is 0 Å². The first-order valence-corrected chi connectivity index (χ1v) is 8.14. The summed E-state index contributed by atoms with van der Waals surface area (Å²) in [4.78, 5) is 2.47. The summed E-state index contributed by atoms with van der Waals surface area (Å²) in [5.41, 5.74) is 3.24. The number of aryl methyl sites for hydroxylation is 1. The zero-order valence-corrected chi connectivity index (χ0v) is 13.4. The summed E-state index contributed by atoms with van der Waals surface area (Å²) in [5.74, 6) is 0. The number of nitrogens with one attached hydrogen (secondary N) is 1. The molecule has 1 aromatic carbocycles. The van der Waals surface area contributed by atoms with Crippen LogP contribution in [0.25, 0.3) is 0 Å². The van der Waals surface area contributed by atoms with E-state index >= 15 is 0 Å². The third-order valence-electron chi connectivity index (χ3n) is 4.69. The zero-order chi connectivity index (χ0) is 14.4. The summed E-state index contributed by atoms with van der Waals surface area (Å²) in [7, 11) is 2.25. The molecule has 0 heterocycles. The number of hydrogen-bond donors (Lipinski definition) is 1. The predicted octanol–water partition coefficient (Wildman–Crippen LogP) is 3.99. The van der Waals surface area contributed by atoms with Crippen molar-refractivity contribution >= 4 is 5.69 Å². The van der Waals surface area contributed by atoms with Crippen LogP contribution in [0.15, 0.2) is 24.3 Å². The van der Waals surface area contributed by atoms with Gasteiger partial charge in [-0.3, -0.25) is 0 Å². The van der Waals surface area contributed by atoms with Crippen molar-refractivity contribution in [3.05, 3.63) is 29.8 Å². The number of nitrogens with zero attached hydrogens (tertiary/aromatic N) is 1. The molecule has 0 amide bonds. The van der Waals surface area contributed by atoms with E-state index in [1.165, 1.54) is 56.4 Å². The molecule has 1 fully saturated rings. The fourth-order valence-electron chi connectivity index (χ4n) is 3.63. The van der Waals surface area contributed by atoms with E-state index in [0.29, 0.717) is 5.41 Å². The van der Waals surface area contributed by atoms with Crippen LogP contribution in [0, 0.1) is 12.3 Å². The van der Waals surface area contributed by atoms with E-state index in [9.17, 15) is 0 Å². The van der Waals surface area contributed by atoms with Gasteiger partial charge in [0.25, 0.3) is 0 Å². The van der Waals surface area contributed by atoms with Crippen molar-refractivity contribution in [1.29, 1.82) is 0 Å². The maximum atomic E-state index is 3.66. The first-order valence-electron chi connectivity index (χ1n) is 8.14. The van der Waals surface area contributed by atoms with Gasteiger partial charge in [0.2, 0.25) is 0 Å². The highest BCUT2D eigenvalue weighted by atomic mass is 15.1. The average molecular weight is 274 g/mol. The molecule has 0 spiro atoms. The monoisotopic (exact) mass is 274 g/mol. The topological polar surface area (TPSA) is 15.3 Å². The second-order valence-electron chi connectivity index (χ2n) is 6.53. The Labute approximate surface area is 124 Å². The Morgan fingerprint density at radius 3 is 2.55 bits per heavy atom. The molecule has 1 saturated carbocycles. The van der Waals surface area contributed by atoms with Crippen LogP contribution in [0.2, 0.25) is 0 Å². The van der Waals surface area contributed by atoms with Gasteiger partial charge >= 0.3 is 0 Å². The molecular weight excluding hydrogens is 244 g/mol. The maximum absolute atomic E-state index is 3.66. The molecule has 0 bridgehead atoms. The maximum Gasteiger partial charge on any atom is 0.0393 e. The Morgan fingerprint density at radius 1 is 1.20 bits per heavy atom. The van der Waals surface area contributed by atoms with Crippen LogP contribution < -0.4 is 10.2 Å². The Kier molecular flexibility index (Phi) is 5.47. The van der Waals surface area contributed by atoms with Crippen LogP contribution in [0.3, 0.4) is 0 Å². The number of para-hydroxylation sites is 1. The summed E-state index contributed by atoms with van der Waals surface area (Å²) in [6.45, 7) is 7.96. The van der Waals surface area contributed by atoms with Crippen LogP contribution in [-0.2, 0) is 0 Å². The molecule has 1 aliphatic rings. The predicted molar refractivity (Wildman–Crippen MR) is 88.5 cm³/mol. The van der Waals surface area contributed by atoms with Crippen molar-refractivity contribution in [2.45, 2.75) is 46.0 Å². The highest BCUT2D eigenvalue weighted by Gasteiger charge is 2.34. The SMILES string of the molecule is CCCNCC1(CN(C)c2ccccc2C)CCCC1. The van der Waals surface area contributed by atoms with E-state index in [-0.39, 0.29) is 0 Å². The minimum Gasteiger partial charge on any atom is -0.374 e.